The highest BCUT2D eigenvalue weighted by atomic mass is 35.5. The highest BCUT2D eigenvalue weighted by molar-refractivity contribution is 6.30. The van der Waals surface area contributed by atoms with Gasteiger partial charge in [-0.2, -0.15) is 0 Å². The lowest BCUT2D eigenvalue weighted by Crippen LogP contribution is -2.26. The first-order valence-corrected chi connectivity index (χ1v) is 6.33. The lowest BCUT2D eigenvalue weighted by Gasteiger charge is -2.19. The number of halogens is 2. The van der Waals surface area contributed by atoms with Crippen LogP contribution in [0.1, 0.15) is 31.9 Å². The van der Waals surface area contributed by atoms with Gasteiger partial charge in [0.25, 0.3) is 0 Å². The number of hydrogen-bond acceptors (Lipinski definition) is 2. The van der Waals surface area contributed by atoms with E-state index < -0.39 is 0 Å². The SMILES string of the molecule is CCCOCC(NCC)c1cccc(Cl)c1F. The van der Waals surface area contributed by atoms with Crippen molar-refractivity contribution >= 4 is 11.6 Å². The van der Waals surface area contributed by atoms with Gasteiger partial charge in [0.2, 0.25) is 0 Å². The molecule has 0 aliphatic carbocycles. The molecular formula is C13H19ClFNO. The second-order valence-corrected chi connectivity index (χ2v) is 4.24. The van der Waals surface area contributed by atoms with Gasteiger partial charge in [-0.05, 0) is 19.0 Å². The lowest BCUT2D eigenvalue weighted by molar-refractivity contribution is 0.111. The number of likely N-dealkylation sites (N-methyl/N-ethyl adjacent to an activating group) is 1. The molecule has 0 bridgehead atoms. The maximum Gasteiger partial charge on any atom is 0.146 e. The minimum atomic E-state index is -0.361. The molecule has 1 aromatic carbocycles. The van der Waals surface area contributed by atoms with Gasteiger partial charge in [0, 0.05) is 12.2 Å². The van der Waals surface area contributed by atoms with E-state index in [2.05, 4.69) is 5.32 Å². The zero-order valence-corrected chi connectivity index (χ0v) is 11.1. The van der Waals surface area contributed by atoms with Gasteiger partial charge >= 0.3 is 0 Å². The number of nitrogens with one attached hydrogen (secondary N) is 1. The maximum atomic E-state index is 13.9. The van der Waals surface area contributed by atoms with E-state index in [1.807, 2.05) is 13.8 Å². The van der Waals surface area contributed by atoms with Gasteiger partial charge in [0.1, 0.15) is 5.82 Å². The van der Waals surface area contributed by atoms with Crippen LogP contribution in [0.15, 0.2) is 18.2 Å². The zero-order valence-electron chi connectivity index (χ0n) is 10.3. The van der Waals surface area contributed by atoms with Gasteiger partial charge in [-0.25, -0.2) is 4.39 Å². The van der Waals surface area contributed by atoms with Gasteiger partial charge in [0.05, 0.1) is 17.7 Å². The Hall–Kier alpha value is -0.640. The Balaban J connectivity index is 2.77. The van der Waals surface area contributed by atoms with Crippen LogP contribution in [-0.2, 0) is 4.74 Å². The van der Waals surface area contributed by atoms with E-state index in [0.29, 0.717) is 18.8 Å². The van der Waals surface area contributed by atoms with Crippen molar-refractivity contribution in [3.63, 3.8) is 0 Å². The molecule has 0 saturated heterocycles. The van der Waals surface area contributed by atoms with Crippen LogP contribution < -0.4 is 5.32 Å². The molecule has 4 heteroatoms. The molecule has 0 amide bonds. The van der Waals surface area contributed by atoms with Crippen molar-refractivity contribution in [2.24, 2.45) is 0 Å². The van der Waals surface area contributed by atoms with Crippen LogP contribution in [0.4, 0.5) is 4.39 Å². The molecule has 2 nitrogen and oxygen atoms in total. The van der Waals surface area contributed by atoms with Crippen LogP contribution in [0.5, 0.6) is 0 Å². The Morgan fingerprint density at radius 1 is 1.41 bits per heavy atom. The minimum Gasteiger partial charge on any atom is -0.379 e. The molecule has 1 unspecified atom stereocenters. The topological polar surface area (TPSA) is 21.3 Å². The Bertz CT molecular complexity index is 346. The third-order valence-electron chi connectivity index (χ3n) is 2.44. The van der Waals surface area contributed by atoms with E-state index in [4.69, 9.17) is 16.3 Å². The first kappa shape index (κ1) is 14.4. The van der Waals surface area contributed by atoms with Gasteiger partial charge in [-0.1, -0.05) is 37.6 Å². The molecule has 1 aromatic rings. The Morgan fingerprint density at radius 2 is 2.18 bits per heavy atom. The summed E-state index contributed by atoms with van der Waals surface area (Å²) in [5.41, 5.74) is 0.565. The second kappa shape index (κ2) is 7.64. The van der Waals surface area contributed by atoms with Crippen LogP contribution in [0.3, 0.4) is 0 Å². The third kappa shape index (κ3) is 4.26. The molecule has 0 aliphatic heterocycles. The van der Waals surface area contributed by atoms with E-state index in [0.717, 1.165) is 13.0 Å². The lowest BCUT2D eigenvalue weighted by atomic mass is 10.1. The fourth-order valence-corrected chi connectivity index (χ4v) is 1.82. The minimum absolute atomic E-state index is 0.148. The fourth-order valence-electron chi connectivity index (χ4n) is 1.64. The van der Waals surface area contributed by atoms with Crippen molar-refractivity contribution in [3.8, 4) is 0 Å². The molecule has 96 valence electrons. The first-order chi connectivity index (χ1) is 8.20. The second-order valence-electron chi connectivity index (χ2n) is 3.83. The highest BCUT2D eigenvalue weighted by Gasteiger charge is 2.16. The van der Waals surface area contributed by atoms with E-state index >= 15 is 0 Å². The molecule has 1 N–H and O–H groups in total. The summed E-state index contributed by atoms with van der Waals surface area (Å²) in [6.07, 6.45) is 0.955. The summed E-state index contributed by atoms with van der Waals surface area (Å²) in [5, 5.41) is 3.36. The predicted molar refractivity (Wildman–Crippen MR) is 68.9 cm³/mol. The fraction of sp³-hybridized carbons (Fsp3) is 0.538. The van der Waals surface area contributed by atoms with Crippen LogP contribution in [-0.4, -0.2) is 19.8 Å². The number of rotatable bonds is 7. The molecule has 0 heterocycles. The van der Waals surface area contributed by atoms with Crippen molar-refractivity contribution in [1.29, 1.82) is 0 Å². The summed E-state index contributed by atoms with van der Waals surface area (Å²) in [5.74, 6) is -0.361. The van der Waals surface area contributed by atoms with Crippen LogP contribution in [0.2, 0.25) is 5.02 Å². The van der Waals surface area contributed by atoms with E-state index in [-0.39, 0.29) is 16.9 Å². The van der Waals surface area contributed by atoms with Crippen molar-refractivity contribution < 1.29 is 9.13 Å². The molecule has 0 saturated carbocycles. The van der Waals surface area contributed by atoms with E-state index in [1.54, 1.807) is 18.2 Å². The molecule has 17 heavy (non-hydrogen) atoms. The zero-order chi connectivity index (χ0) is 12.7. The molecular weight excluding hydrogens is 241 g/mol. The summed E-state index contributed by atoms with van der Waals surface area (Å²) < 4.78 is 19.3. The van der Waals surface area contributed by atoms with Crippen molar-refractivity contribution in [3.05, 3.63) is 34.6 Å². The monoisotopic (exact) mass is 259 g/mol. The van der Waals surface area contributed by atoms with E-state index in [1.165, 1.54) is 0 Å². The Labute approximate surface area is 107 Å². The molecule has 1 rings (SSSR count). The quantitative estimate of drug-likeness (QED) is 0.756. The summed E-state index contributed by atoms with van der Waals surface area (Å²) >= 11 is 5.78. The predicted octanol–water partition coefficient (Wildman–Crippen LogP) is 3.56. The first-order valence-electron chi connectivity index (χ1n) is 5.95. The average Bonchev–Trinajstić information content (AvgIpc) is 2.32. The number of benzene rings is 1. The summed E-state index contributed by atoms with van der Waals surface area (Å²) in [4.78, 5) is 0. The molecule has 0 radical (unpaired) electrons. The normalized spacial score (nSPS) is 12.7. The van der Waals surface area contributed by atoms with Crippen LogP contribution >= 0.6 is 11.6 Å². The molecule has 0 aromatic heterocycles. The summed E-state index contributed by atoms with van der Waals surface area (Å²) in [7, 11) is 0. The molecule has 1 atom stereocenters. The number of hydrogen-bond donors (Lipinski definition) is 1. The van der Waals surface area contributed by atoms with Crippen molar-refractivity contribution in [2.45, 2.75) is 26.3 Å². The van der Waals surface area contributed by atoms with Gasteiger partial charge in [0.15, 0.2) is 0 Å². The Kier molecular flexibility index (Phi) is 6.48. The van der Waals surface area contributed by atoms with Gasteiger partial charge in [-0.3, -0.25) is 0 Å². The van der Waals surface area contributed by atoms with Crippen LogP contribution in [0.25, 0.3) is 0 Å². The Morgan fingerprint density at radius 3 is 2.82 bits per heavy atom. The summed E-state index contributed by atoms with van der Waals surface area (Å²) in [6.45, 7) is 5.92. The summed E-state index contributed by atoms with van der Waals surface area (Å²) in [6, 6.07) is 4.90. The highest BCUT2D eigenvalue weighted by Crippen LogP contribution is 2.23. The largest absolute Gasteiger partial charge is 0.379 e. The van der Waals surface area contributed by atoms with Gasteiger partial charge in [-0.15, -0.1) is 0 Å². The molecule has 0 spiro atoms. The van der Waals surface area contributed by atoms with Crippen LogP contribution in [0, 0.1) is 5.82 Å². The third-order valence-corrected chi connectivity index (χ3v) is 2.73. The van der Waals surface area contributed by atoms with Gasteiger partial charge < -0.3 is 10.1 Å². The molecule has 0 aliphatic rings. The number of ether oxygens (including phenoxy) is 1. The van der Waals surface area contributed by atoms with Crippen molar-refractivity contribution in [1.82, 2.24) is 5.32 Å². The average molecular weight is 260 g/mol. The maximum absolute atomic E-state index is 13.9. The van der Waals surface area contributed by atoms with Crippen molar-refractivity contribution in [2.75, 3.05) is 19.8 Å². The standard InChI is InChI=1S/C13H19ClFNO/c1-3-8-17-9-12(16-4-2)10-6-5-7-11(14)13(10)15/h5-7,12,16H,3-4,8-9H2,1-2H3. The smallest absolute Gasteiger partial charge is 0.146 e. The van der Waals surface area contributed by atoms with E-state index in [9.17, 15) is 4.39 Å². The molecule has 0 fully saturated rings.